The first-order valence-electron chi connectivity index (χ1n) is 7.66. The number of hydrogen-bond acceptors (Lipinski definition) is 4. The molecule has 1 aromatic heterocycles. The second-order valence-corrected chi connectivity index (χ2v) is 5.86. The van der Waals surface area contributed by atoms with Gasteiger partial charge in [-0.15, -0.1) is 0 Å². The summed E-state index contributed by atoms with van der Waals surface area (Å²) in [4.78, 5) is 26.7. The molecule has 0 unspecified atom stereocenters. The van der Waals surface area contributed by atoms with Crippen molar-refractivity contribution in [3.63, 3.8) is 0 Å². The summed E-state index contributed by atoms with van der Waals surface area (Å²) in [5.74, 6) is -0.993. The van der Waals surface area contributed by atoms with E-state index in [1.54, 1.807) is 0 Å². The molecule has 0 aromatic carbocycles. The van der Waals surface area contributed by atoms with Crippen LogP contribution in [0.2, 0.25) is 0 Å². The number of aromatic nitrogens is 1. The Morgan fingerprint density at radius 1 is 1.36 bits per heavy atom. The number of aryl methyl sites for hydroxylation is 2. The third kappa shape index (κ3) is 5.56. The van der Waals surface area contributed by atoms with Crippen LogP contribution >= 0.6 is 0 Å². The molecule has 5 nitrogen and oxygen atoms in total. The van der Waals surface area contributed by atoms with Crippen molar-refractivity contribution in [1.29, 1.82) is 0 Å². The van der Waals surface area contributed by atoms with E-state index in [-0.39, 0.29) is 18.6 Å². The highest BCUT2D eigenvalue weighted by Crippen LogP contribution is 2.33. The molecule has 1 N–H and O–H groups in total. The number of aliphatic carboxylic acids is 1. The zero-order chi connectivity index (χ0) is 16.7. The number of carbonyl (C=O) groups is 2. The van der Waals surface area contributed by atoms with Gasteiger partial charge in [0.1, 0.15) is 5.78 Å². The van der Waals surface area contributed by atoms with Gasteiger partial charge in [0.25, 0.3) is 0 Å². The number of likely N-dealkylation sites (tertiary alicyclic amines) is 1. The second-order valence-electron chi connectivity index (χ2n) is 5.86. The average Bonchev–Trinajstić information content (AvgIpc) is 2.83. The summed E-state index contributed by atoms with van der Waals surface area (Å²) in [6.07, 6.45) is 4.60. The van der Waals surface area contributed by atoms with E-state index < -0.39 is 5.97 Å². The van der Waals surface area contributed by atoms with Crippen LogP contribution in [0.25, 0.3) is 0 Å². The minimum absolute atomic E-state index is 0.0463. The van der Waals surface area contributed by atoms with Crippen LogP contribution in [-0.2, 0) is 9.59 Å². The van der Waals surface area contributed by atoms with Crippen LogP contribution in [0.15, 0.2) is 12.3 Å². The van der Waals surface area contributed by atoms with E-state index in [0.29, 0.717) is 6.04 Å². The van der Waals surface area contributed by atoms with Gasteiger partial charge in [-0.1, -0.05) is 0 Å². The van der Waals surface area contributed by atoms with Crippen molar-refractivity contribution < 1.29 is 14.7 Å². The summed E-state index contributed by atoms with van der Waals surface area (Å²) >= 11 is 0. The number of Topliss-reactive ketones (excluding diaryl/α,β-unsaturated/α-hetero) is 1. The molecule has 2 heterocycles. The zero-order valence-electron chi connectivity index (χ0n) is 13.9. The molecule has 1 atom stereocenters. The lowest BCUT2D eigenvalue weighted by Gasteiger charge is -2.22. The fourth-order valence-corrected chi connectivity index (χ4v) is 2.77. The Bertz CT molecular complexity index is 494. The number of hydrogen-bond donors (Lipinski definition) is 1. The van der Waals surface area contributed by atoms with Gasteiger partial charge in [0.15, 0.2) is 0 Å². The first-order chi connectivity index (χ1) is 10.3. The highest BCUT2D eigenvalue weighted by molar-refractivity contribution is 5.80. The SMILES string of the molecule is CC(=O)CCC(=O)O.Cc1ccnc(C)c1[C@@H]1CCCN1C. The Kier molecular flexibility index (Phi) is 7.18. The summed E-state index contributed by atoms with van der Waals surface area (Å²) in [7, 11) is 2.21. The van der Waals surface area contributed by atoms with Gasteiger partial charge < -0.3 is 9.90 Å². The Morgan fingerprint density at radius 3 is 2.45 bits per heavy atom. The Morgan fingerprint density at radius 2 is 2.05 bits per heavy atom. The minimum atomic E-state index is -0.916. The molecule has 22 heavy (non-hydrogen) atoms. The van der Waals surface area contributed by atoms with Gasteiger partial charge in [0.2, 0.25) is 0 Å². The van der Waals surface area contributed by atoms with Crippen molar-refractivity contribution in [2.45, 2.75) is 52.5 Å². The van der Waals surface area contributed by atoms with Crippen molar-refractivity contribution in [3.8, 4) is 0 Å². The van der Waals surface area contributed by atoms with E-state index in [1.165, 1.54) is 43.1 Å². The van der Waals surface area contributed by atoms with Crippen molar-refractivity contribution in [2.24, 2.45) is 0 Å². The number of carboxylic acids is 1. The number of ketones is 1. The highest BCUT2D eigenvalue weighted by Gasteiger charge is 2.25. The highest BCUT2D eigenvalue weighted by atomic mass is 16.4. The molecule has 1 saturated heterocycles. The molecule has 1 aliphatic heterocycles. The lowest BCUT2D eigenvalue weighted by Crippen LogP contribution is -2.19. The summed E-state index contributed by atoms with van der Waals surface area (Å²) in [6, 6.07) is 2.72. The number of pyridine rings is 1. The molecule has 0 amide bonds. The van der Waals surface area contributed by atoms with Gasteiger partial charge >= 0.3 is 5.97 Å². The topological polar surface area (TPSA) is 70.5 Å². The summed E-state index contributed by atoms with van der Waals surface area (Å²) in [5, 5.41) is 8.01. The van der Waals surface area contributed by atoms with E-state index in [9.17, 15) is 9.59 Å². The van der Waals surface area contributed by atoms with Gasteiger partial charge in [-0.3, -0.25) is 14.7 Å². The molecule has 5 heteroatoms. The van der Waals surface area contributed by atoms with E-state index >= 15 is 0 Å². The predicted molar refractivity (Wildman–Crippen MR) is 85.9 cm³/mol. The van der Waals surface area contributed by atoms with Crippen molar-refractivity contribution in [1.82, 2.24) is 9.88 Å². The lowest BCUT2D eigenvalue weighted by atomic mass is 9.98. The minimum Gasteiger partial charge on any atom is -0.481 e. The molecule has 0 radical (unpaired) electrons. The molecule has 2 rings (SSSR count). The van der Waals surface area contributed by atoms with Crippen LogP contribution in [0, 0.1) is 13.8 Å². The summed E-state index contributed by atoms with van der Waals surface area (Å²) < 4.78 is 0. The van der Waals surface area contributed by atoms with Crippen LogP contribution in [-0.4, -0.2) is 40.3 Å². The fourth-order valence-electron chi connectivity index (χ4n) is 2.77. The Hall–Kier alpha value is -1.75. The standard InChI is InChI=1S/C12H18N2.C5H8O3/c1-9-6-7-13-10(2)12(9)11-5-4-8-14(11)3;1-4(6)2-3-5(7)8/h6-7,11H,4-5,8H2,1-3H3;2-3H2,1H3,(H,7,8)/t11-;/m0./s1. The molecule has 1 fully saturated rings. The molecule has 0 aliphatic carbocycles. The van der Waals surface area contributed by atoms with Gasteiger partial charge in [-0.2, -0.15) is 0 Å². The van der Waals surface area contributed by atoms with E-state index in [4.69, 9.17) is 5.11 Å². The lowest BCUT2D eigenvalue weighted by molar-refractivity contribution is -0.138. The molecule has 1 aliphatic rings. The van der Waals surface area contributed by atoms with Gasteiger partial charge in [0.05, 0.1) is 6.42 Å². The van der Waals surface area contributed by atoms with Crippen LogP contribution < -0.4 is 0 Å². The maximum absolute atomic E-state index is 10.1. The molecule has 1 aromatic rings. The maximum atomic E-state index is 10.1. The Labute approximate surface area is 132 Å². The number of nitrogens with zero attached hydrogens (tertiary/aromatic N) is 2. The zero-order valence-corrected chi connectivity index (χ0v) is 13.9. The van der Waals surface area contributed by atoms with Crippen molar-refractivity contribution in [2.75, 3.05) is 13.6 Å². The first-order valence-corrected chi connectivity index (χ1v) is 7.66. The van der Waals surface area contributed by atoms with Crippen LogP contribution in [0.3, 0.4) is 0 Å². The van der Waals surface area contributed by atoms with Gasteiger partial charge in [-0.25, -0.2) is 0 Å². The largest absolute Gasteiger partial charge is 0.481 e. The molecular formula is C17H26N2O3. The smallest absolute Gasteiger partial charge is 0.303 e. The molecule has 0 bridgehead atoms. The fraction of sp³-hybridized carbons (Fsp3) is 0.588. The van der Waals surface area contributed by atoms with E-state index in [2.05, 4.69) is 36.8 Å². The van der Waals surface area contributed by atoms with Gasteiger partial charge in [-0.05, 0) is 64.4 Å². The first kappa shape index (κ1) is 18.3. The normalized spacial score (nSPS) is 17.7. The number of carboxylic acid groups (broad SMARTS) is 1. The molecule has 0 spiro atoms. The van der Waals surface area contributed by atoms with Crippen LogP contribution in [0.5, 0.6) is 0 Å². The maximum Gasteiger partial charge on any atom is 0.303 e. The number of rotatable bonds is 4. The third-order valence-corrected chi connectivity index (χ3v) is 3.95. The molecule has 122 valence electrons. The average molecular weight is 306 g/mol. The van der Waals surface area contributed by atoms with Crippen molar-refractivity contribution in [3.05, 3.63) is 29.1 Å². The van der Waals surface area contributed by atoms with Crippen LogP contribution in [0.1, 0.15) is 55.5 Å². The quantitative estimate of drug-likeness (QED) is 0.926. The number of carbonyl (C=O) groups excluding carboxylic acids is 1. The summed E-state index contributed by atoms with van der Waals surface area (Å²) in [5.41, 5.74) is 4.03. The van der Waals surface area contributed by atoms with Gasteiger partial charge in [0, 0.05) is 24.4 Å². The monoisotopic (exact) mass is 306 g/mol. The Balaban J connectivity index is 0.000000261. The molecule has 0 saturated carbocycles. The van der Waals surface area contributed by atoms with E-state index in [0.717, 1.165) is 0 Å². The third-order valence-electron chi connectivity index (χ3n) is 3.95. The van der Waals surface area contributed by atoms with E-state index in [1.807, 2.05) is 6.20 Å². The van der Waals surface area contributed by atoms with Crippen LogP contribution in [0.4, 0.5) is 0 Å². The molecular weight excluding hydrogens is 280 g/mol. The predicted octanol–water partition coefficient (Wildman–Crippen LogP) is 2.91. The van der Waals surface area contributed by atoms with Crippen molar-refractivity contribution >= 4 is 11.8 Å². The summed E-state index contributed by atoms with van der Waals surface area (Å²) in [6.45, 7) is 6.91. The second kappa shape index (κ2) is 8.63.